The van der Waals surface area contributed by atoms with Gasteiger partial charge in [-0.2, -0.15) is 0 Å². The number of pyridine rings is 1. The molecule has 0 saturated carbocycles. The van der Waals surface area contributed by atoms with Crippen LogP contribution >= 0.6 is 0 Å². The van der Waals surface area contributed by atoms with Gasteiger partial charge in [0.1, 0.15) is 11.5 Å². The lowest BCUT2D eigenvalue weighted by molar-refractivity contribution is -0.129. The lowest BCUT2D eigenvalue weighted by Crippen LogP contribution is -2.30. The number of nitrogens with zero attached hydrogens (tertiary/aromatic N) is 5. The molecule has 3 aromatic rings. The molecule has 0 radical (unpaired) electrons. The third-order valence-electron chi connectivity index (χ3n) is 4.87. The number of hydrogen-bond acceptors (Lipinski definition) is 4. The van der Waals surface area contributed by atoms with E-state index >= 15 is 0 Å². The first-order chi connectivity index (χ1) is 12.1. The molecule has 1 saturated heterocycles. The lowest BCUT2D eigenvalue weighted by Gasteiger charge is -2.16. The van der Waals surface area contributed by atoms with E-state index in [9.17, 15) is 4.79 Å². The van der Waals surface area contributed by atoms with E-state index in [1.165, 1.54) is 0 Å². The molecule has 0 unspecified atom stereocenters. The smallest absolute Gasteiger partial charge is 0.228 e. The molecule has 6 nitrogen and oxygen atoms in total. The molecular weight excluding hydrogens is 314 g/mol. The van der Waals surface area contributed by atoms with Crippen molar-refractivity contribution in [1.82, 2.24) is 24.3 Å². The number of amides is 1. The summed E-state index contributed by atoms with van der Waals surface area (Å²) < 4.78 is 2.00. The van der Waals surface area contributed by atoms with E-state index in [0.717, 1.165) is 41.5 Å². The molecule has 0 spiro atoms. The average Bonchev–Trinajstić information content (AvgIpc) is 3.21. The molecule has 0 N–H and O–H groups in total. The standard InChI is InChI=1S/C19H21N5O/c1-13-6-8-20-19(21-13)15-7-10-23(12-15)18(25)11-16-14(2)22-17-5-3-4-9-24(16)17/h3-6,8-9,15H,7,10-12H2,1-2H3/t15-/m1/s1. The number of imidazole rings is 1. The highest BCUT2D eigenvalue weighted by Crippen LogP contribution is 2.25. The zero-order chi connectivity index (χ0) is 17.4. The Labute approximate surface area is 146 Å². The molecule has 1 fully saturated rings. The summed E-state index contributed by atoms with van der Waals surface area (Å²) in [5.74, 6) is 1.22. The Bertz CT molecular complexity index is 932. The molecule has 4 heterocycles. The van der Waals surface area contributed by atoms with Crippen molar-refractivity contribution in [2.45, 2.75) is 32.6 Å². The lowest BCUT2D eigenvalue weighted by atomic mass is 10.1. The molecule has 0 aromatic carbocycles. The zero-order valence-electron chi connectivity index (χ0n) is 14.5. The van der Waals surface area contributed by atoms with E-state index < -0.39 is 0 Å². The molecular formula is C19H21N5O. The van der Waals surface area contributed by atoms with Crippen molar-refractivity contribution < 1.29 is 4.79 Å². The summed E-state index contributed by atoms with van der Waals surface area (Å²) in [6, 6.07) is 7.78. The zero-order valence-corrected chi connectivity index (χ0v) is 14.5. The largest absolute Gasteiger partial charge is 0.342 e. The summed E-state index contributed by atoms with van der Waals surface area (Å²) in [5.41, 5.74) is 3.74. The summed E-state index contributed by atoms with van der Waals surface area (Å²) in [7, 11) is 0. The highest BCUT2D eigenvalue weighted by atomic mass is 16.2. The molecule has 3 aromatic heterocycles. The van der Waals surface area contributed by atoms with Crippen molar-refractivity contribution in [1.29, 1.82) is 0 Å². The first-order valence-corrected chi connectivity index (χ1v) is 8.61. The van der Waals surface area contributed by atoms with Gasteiger partial charge in [0.05, 0.1) is 17.8 Å². The molecule has 1 aliphatic rings. The van der Waals surface area contributed by atoms with Gasteiger partial charge < -0.3 is 9.30 Å². The number of likely N-dealkylation sites (tertiary alicyclic amines) is 1. The van der Waals surface area contributed by atoms with E-state index in [2.05, 4.69) is 15.0 Å². The molecule has 1 aliphatic heterocycles. The number of rotatable bonds is 3. The van der Waals surface area contributed by atoms with E-state index in [0.29, 0.717) is 13.0 Å². The normalized spacial score (nSPS) is 17.4. The van der Waals surface area contributed by atoms with Crippen LogP contribution in [0.3, 0.4) is 0 Å². The molecule has 1 amide bonds. The first-order valence-electron chi connectivity index (χ1n) is 8.61. The highest BCUT2D eigenvalue weighted by Gasteiger charge is 2.29. The van der Waals surface area contributed by atoms with Gasteiger partial charge in [-0.25, -0.2) is 15.0 Å². The van der Waals surface area contributed by atoms with Crippen molar-refractivity contribution in [3.05, 3.63) is 59.6 Å². The third-order valence-corrected chi connectivity index (χ3v) is 4.87. The summed E-state index contributed by atoms with van der Waals surface area (Å²) in [6.07, 6.45) is 5.05. The summed E-state index contributed by atoms with van der Waals surface area (Å²) >= 11 is 0. The maximum Gasteiger partial charge on any atom is 0.228 e. The second-order valence-electron chi connectivity index (χ2n) is 6.63. The molecule has 0 bridgehead atoms. The van der Waals surface area contributed by atoms with E-state index in [1.807, 2.05) is 53.6 Å². The Kier molecular flexibility index (Phi) is 3.95. The van der Waals surface area contributed by atoms with Crippen LogP contribution in [0, 0.1) is 13.8 Å². The average molecular weight is 335 g/mol. The summed E-state index contributed by atoms with van der Waals surface area (Å²) in [4.78, 5) is 28.2. The van der Waals surface area contributed by atoms with Gasteiger partial charge in [-0.05, 0) is 38.5 Å². The van der Waals surface area contributed by atoms with E-state index in [-0.39, 0.29) is 11.8 Å². The highest BCUT2D eigenvalue weighted by molar-refractivity contribution is 5.79. The van der Waals surface area contributed by atoms with Gasteiger partial charge >= 0.3 is 0 Å². The fourth-order valence-electron chi connectivity index (χ4n) is 3.49. The Morgan fingerprint density at radius 3 is 2.96 bits per heavy atom. The molecule has 25 heavy (non-hydrogen) atoms. The summed E-state index contributed by atoms with van der Waals surface area (Å²) in [5, 5.41) is 0. The van der Waals surface area contributed by atoms with Crippen molar-refractivity contribution in [3.63, 3.8) is 0 Å². The Hall–Kier alpha value is -2.76. The van der Waals surface area contributed by atoms with Gasteiger partial charge in [0.15, 0.2) is 0 Å². The topological polar surface area (TPSA) is 63.4 Å². The Morgan fingerprint density at radius 2 is 2.12 bits per heavy atom. The maximum atomic E-state index is 12.8. The minimum absolute atomic E-state index is 0.143. The van der Waals surface area contributed by atoms with Crippen LogP contribution in [0.5, 0.6) is 0 Å². The second-order valence-corrected chi connectivity index (χ2v) is 6.63. The van der Waals surface area contributed by atoms with E-state index in [1.54, 1.807) is 6.20 Å². The minimum Gasteiger partial charge on any atom is -0.342 e. The second kappa shape index (κ2) is 6.27. The van der Waals surface area contributed by atoms with Crippen LogP contribution in [0.1, 0.15) is 35.2 Å². The predicted molar refractivity (Wildman–Crippen MR) is 94.3 cm³/mol. The van der Waals surface area contributed by atoms with Crippen LogP contribution < -0.4 is 0 Å². The van der Waals surface area contributed by atoms with Crippen LogP contribution in [0.4, 0.5) is 0 Å². The van der Waals surface area contributed by atoms with E-state index in [4.69, 9.17) is 0 Å². The Balaban J connectivity index is 1.49. The fourth-order valence-corrected chi connectivity index (χ4v) is 3.49. The fraction of sp³-hybridized carbons (Fsp3) is 0.368. The van der Waals surface area contributed by atoms with Crippen molar-refractivity contribution >= 4 is 11.6 Å². The van der Waals surface area contributed by atoms with Crippen molar-refractivity contribution in [2.24, 2.45) is 0 Å². The number of fused-ring (bicyclic) bond motifs is 1. The van der Waals surface area contributed by atoms with Crippen LogP contribution in [0.2, 0.25) is 0 Å². The SMILES string of the molecule is Cc1ccnc([C@@H]2CCN(C(=O)Cc3c(C)nc4ccccn34)C2)n1. The predicted octanol–water partition coefficient (Wildman–Crippen LogP) is 2.30. The van der Waals surface area contributed by atoms with Gasteiger partial charge in [0.2, 0.25) is 5.91 Å². The maximum absolute atomic E-state index is 12.8. The van der Waals surface area contributed by atoms with Crippen LogP contribution in [0.15, 0.2) is 36.7 Å². The van der Waals surface area contributed by atoms with Crippen molar-refractivity contribution in [3.8, 4) is 0 Å². The monoisotopic (exact) mass is 335 g/mol. The molecule has 0 aliphatic carbocycles. The van der Waals surface area contributed by atoms with Gasteiger partial charge in [-0.15, -0.1) is 0 Å². The van der Waals surface area contributed by atoms with Gasteiger partial charge in [0, 0.05) is 37.1 Å². The summed E-state index contributed by atoms with van der Waals surface area (Å²) in [6.45, 7) is 5.38. The molecule has 128 valence electrons. The number of aryl methyl sites for hydroxylation is 2. The quantitative estimate of drug-likeness (QED) is 0.737. The molecule has 4 rings (SSSR count). The number of aromatic nitrogens is 4. The van der Waals surface area contributed by atoms with Gasteiger partial charge in [-0.1, -0.05) is 6.07 Å². The first kappa shape index (κ1) is 15.7. The van der Waals surface area contributed by atoms with Crippen LogP contribution in [0.25, 0.3) is 5.65 Å². The van der Waals surface area contributed by atoms with Crippen LogP contribution in [-0.4, -0.2) is 43.2 Å². The number of hydrogen-bond donors (Lipinski definition) is 0. The van der Waals surface area contributed by atoms with Crippen LogP contribution in [-0.2, 0) is 11.2 Å². The van der Waals surface area contributed by atoms with Gasteiger partial charge in [-0.3, -0.25) is 4.79 Å². The molecule has 1 atom stereocenters. The third kappa shape index (κ3) is 2.99. The molecule has 6 heteroatoms. The van der Waals surface area contributed by atoms with Crippen molar-refractivity contribution in [2.75, 3.05) is 13.1 Å². The Morgan fingerprint density at radius 1 is 1.24 bits per heavy atom. The number of carbonyl (C=O) groups excluding carboxylic acids is 1. The number of carbonyl (C=O) groups is 1. The van der Waals surface area contributed by atoms with Gasteiger partial charge in [0.25, 0.3) is 0 Å². The minimum atomic E-state index is 0.143.